The first-order chi connectivity index (χ1) is 11.3. The number of halogens is 1. The van der Waals surface area contributed by atoms with Crippen molar-refractivity contribution in [1.29, 1.82) is 0 Å². The highest BCUT2D eigenvalue weighted by Gasteiger charge is 2.14. The standard InChI is InChI=1S/C16H26BrN3O2S/c1-18-16(20-9-7-14-5-6-15(17)23-14)19-8-3-10-21-12-13-4-2-11-22-13/h5-6,13H,2-4,7-12H2,1H3,(H2,18,19,20). The summed E-state index contributed by atoms with van der Waals surface area (Å²) >= 11 is 5.26. The Morgan fingerprint density at radius 3 is 3.00 bits per heavy atom. The van der Waals surface area contributed by atoms with Crippen molar-refractivity contribution in [2.24, 2.45) is 4.99 Å². The molecule has 0 radical (unpaired) electrons. The molecule has 23 heavy (non-hydrogen) atoms. The molecule has 1 fully saturated rings. The maximum atomic E-state index is 5.65. The van der Waals surface area contributed by atoms with Gasteiger partial charge in [0, 0.05) is 38.2 Å². The van der Waals surface area contributed by atoms with Crippen molar-refractivity contribution in [3.8, 4) is 0 Å². The van der Waals surface area contributed by atoms with Crippen LogP contribution in [0.15, 0.2) is 20.9 Å². The zero-order chi connectivity index (χ0) is 16.3. The summed E-state index contributed by atoms with van der Waals surface area (Å²) in [4.78, 5) is 5.60. The molecular weight excluding hydrogens is 378 g/mol. The predicted octanol–water partition coefficient (Wildman–Crippen LogP) is 2.80. The van der Waals surface area contributed by atoms with E-state index >= 15 is 0 Å². The molecule has 2 N–H and O–H groups in total. The van der Waals surface area contributed by atoms with Gasteiger partial charge in [-0.15, -0.1) is 11.3 Å². The van der Waals surface area contributed by atoms with Gasteiger partial charge in [-0.05, 0) is 53.7 Å². The summed E-state index contributed by atoms with van der Waals surface area (Å²) in [5.41, 5.74) is 0. The molecule has 1 aliphatic heterocycles. The molecule has 1 saturated heterocycles. The van der Waals surface area contributed by atoms with Gasteiger partial charge in [0.05, 0.1) is 16.5 Å². The van der Waals surface area contributed by atoms with Crippen LogP contribution < -0.4 is 10.6 Å². The molecule has 1 atom stereocenters. The molecule has 0 spiro atoms. The molecule has 5 nitrogen and oxygen atoms in total. The molecule has 7 heteroatoms. The molecule has 1 aromatic heterocycles. The second-order valence-corrected chi connectivity index (χ2v) is 7.99. The lowest BCUT2D eigenvalue weighted by atomic mass is 10.2. The summed E-state index contributed by atoms with van der Waals surface area (Å²) in [5, 5.41) is 6.64. The van der Waals surface area contributed by atoms with E-state index in [4.69, 9.17) is 9.47 Å². The maximum Gasteiger partial charge on any atom is 0.190 e. The normalized spacial score (nSPS) is 18.3. The van der Waals surface area contributed by atoms with Crippen LogP contribution in [0.1, 0.15) is 24.1 Å². The largest absolute Gasteiger partial charge is 0.379 e. The average Bonchev–Trinajstić information content (AvgIpc) is 3.20. The maximum absolute atomic E-state index is 5.65. The first kappa shape index (κ1) is 18.7. The van der Waals surface area contributed by atoms with E-state index in [0.717, 1.165) is 58.1 Å². The number of nitrogens with one attached hydrogen (secondary N) is 2. The van der Waals surface area contributed by atoms with Crippen LogP contribution in [0.25, 0.3) is 0 Å². The third-order valence-electron chi connectivity index (χ3n) is 3.60. The Hall–Kier alpha value is -0.630. The number of ether oxygens (including phenoxy) is 2. The van der Waals surface area contributed by atoms with E-state index in [2.05, 4.69) is 43.7 Å². The number of hydrogen-bond donors (Lipinski definition) is 2. The second-order valence-electron chi connectivity index (χ2n) is 5.45. The minimum absolute atomic E-state index is 0.315. The Balaban J connectivity index is 1.47. The molecule has 2 rings (SSSR count). The van der Waals surface area contributed by atoms with Gasteiger partial charge in [-0.3, -0.25) is 4.99 Å². The molecule has 0 bridgehead atoms. The lowest BCUT2D eigenvalue weighted by Gasteiger charge is -2.12. The highest BCUT2D eigenvalue weighted by atomic mass is 79.9. The predicted molar refractivity (Wildman–Crippen MR) is 99.5 cm³/mol. The molecule has 1 unspecified atom stereocenters. The van der Waals surface area contributed by atoms with E-state index in [-0.39, 0.29) is 0 Å². The van der Waals surface area contributed by atoms with Crippen LogP contribution in [-0.4, -0.2) is 52.0 Å². The van der Waals surface area contributed by atoms with Crippen molar-refractivity contribution < 1.29 is 9.47 Å². The molecule has 2 heterocycles. The zero-order valence-electron chi connectivity index (χ0n) is 13.6. The van der Waals surface area contributed by atoms with Crippen LogP contribution in [0, 0.1) is 0 Å². The van der Waals surface area contributed by atoms with Gasteiger partial charge in [0.15, 0.2) is 5.96 Å². The molecule has 0 aromatic carbocycles. The Bertz CT molecular complexity index is 476. The summed E-state index contributed by atoms with van der Waals surface area (Å²) in [7, 11) is 1.80. The summed E-state index contributed by atoms with van der Waals surface area (Å²) in [5.74, 6) is 0.847. The first-order valence-electron chi connectivity index (χ1n) is 8.16. The van der Waals surface area contributed by atoms with Crippen molar-refractivity contribution in [3.63, 3.8) is 0 Å². The van der Waals surface area contributed by atoms with Crippen molar-refractivity contribution in [1.82, 2.24) is 10.6 Å². The fourth-order valence-corrected chi connectivity index (χ4v) is 3.87. The van der Waals surface area contributed by atoms with Crippen molar-refractivity contribution in [3.05, 3.63) is 20.8 Å². The van der Waals surface area contributed by atoms with Crippen molar-refractivity contribution in [2.45, 2.75) is 31.8 Å². The molecule has 1 aromatic rings. The molecule has 0 amide bonds. The van der Waals surface area contributed by atoms with Crippen LogP contribution in [0.5, 0.6) is 0 Å². The number of guanidine groups is 1. The van der Waals surface area contributed by atoms with Gasteiger partial charge in [-0.2, -0.15) is 0 Å². The number of aliphatic imine (C=N–C) groups is 1. The quantitative estimate of drug-likeness (QED) is 0.378. The lowest BCUT2D eigenvalue weighted by molar-refractivity contribution is 0.0168. The van der Waals surface area contributed by atoms with Crippen LogP contribution in [0.2, 0.25) is 0 Å². The number of rotatable bonds is 9. The fraction of sp³-hybridized carbons (Fsp3) is 0.688. The van der Waals surface area contributed by atoms with Crippen LogP contribution in [0.3, 0.4) is 0 Å². The minimum atomic E-state index is 0.315. The van der Waals surface area contributed by atoms with Gasteiger partial charge >= 0.3 is 0 Å². The summed E-state index contributed by atoms with van der Waals surface area (Å²) in [6, 6.07) is 4.24. The number of nitrogens with zero attached hydrogens (tertiary/aromatic N) is 1. The van der Waals surface area contributed by atoms with E-state index < -0.39 is 0 Å². The number of thiophene rings is 1. The topological polar surface area (TPSA) is 54.9 Å². The van der Waals surface area contributed by atoms with Crippen LogP contribution in [0.4, 0.5) is 0 Å². The van der Waals surface area contributed by atoms with Gasteiger partial charge in [0.1, 0.15) is 0 Å². The molecule has 0 saturated carbocycles. The van der Waals surface area contributed by atoms with E-state index in [1.54, 1.807) is 18.4 Å². The van der Waals surface area contributed by atoms with E-state index in [1.807, 2.05) is 0 Å². The summed E-state index contributed by atoms with van der Waals surface area (Å²) in [6.07, 6.45) is 4.58. The fourth-order valence-electron chi connectivity index (χ4n) is 2.38. The van der Waals surface area contributed by atoms with Crippen molar-refractivity contribution in [2.75, 3.05) is 40.0 Å². The van der Waals surface area contributed by atoms with Crippen LogP contribution in [-0.2, 0) is 15.9 Å². The Morgan fingerprint density at radius 1 is 1.43 bits per heavy atom. The second kappa shape index (κ2) is 11.0. The van der Waals surface area contributed by atoms with E-state index in [0.29, 0.717) is 6.10 Å². The van der Waals surface area contributed by atoms with Crippen LogP contribution >= 0.6 is 27.3 Å². The number of hydrogen-bond acceptors (Lipinski definition) is 4. The monoisotopic (exact) mass is 403 g/mol. The Kier molecular flexibility index (Phi) is 8.96. The zero-order valence-corrected chi connectivity index (χ0v) is 16.0. The average molecular weight is 404 g/mol. The third kappa shape index (κ3) is 7.65. The first-order valence-corrected chi connectivity index (χ1v) is 9.77. The Labute approximate surface area is 151 Å². The Morgan fingerprint density at radius 2 is 2.30 bits per heavy atom. The highest BCUT2D eigenvalue weighted by Crippen LogP contribution is 2.21. The molecule has 0 aliphatic carbocycles. The molecular formula is C16H26BrN3O2S. The SMILES string of the molecule is CN=C(NCCCOCC1CCCO1)NCCc1ccc(Br)s1. The summed E-state index contributed by atoms with van der Waals surface area (Å²) < 4.78 is 12.4. The van der Waals surface area contributed by atoms with E-state index in [1.165, 1.54) is 15.1 Å². The minimum Gasteiger partial charge on any atom is -0.379 e. The van der Waals surface area contributed by atoms with Gasteiger partial charge in [-0.25, -0.2) is 0 Å². The van der Waals surface area contributed by atoms with Gasteiger partial charge in [0.2, 0.25) is 0 Å². The van der Waals surface area contributed by atoms with E-state index in [9.17, 15) is 0 Å². The molecule has 130 valence electrons. The van der Waals surface area contributed by atoms with Gasteiger partial charge in [0.25, 0.3) is 0 Å². The third-order valence-corrected chi connectivity index (χ3v) is 5.29. The highest BCUT2D eigenvalue weighted by molar-refractivity contribution is 9.11. The van der Waals surface area contributed by atoms with Gasteiger partial charge < -0.3 is 20.1 Å². The summed E-state index contributed by atoms with van der Waals surface area (Å²) in [6.45, 7) is 4.11. The lowest BCUT2D eigenvalue weighted by Crippen LogP contribution is -2.39. The smallest absolute Gasteiger partial charge is 0.190 e. The van der Waals surface area contributed by atoms with Gasteiger partial charge in [-0.1, -0.05) is 0 Å². The molecule has 1 aliphatic rings. The van der Waals surface area contributed by atoms with Crippen molar-refractivity contribution >= 4 is 33.2 Å².